The van der Waals surface area contributed by atoms with Gasteiger partial charge in [-0.2, -0.15) is 0 Å². The highest BCUT2D eigenvalue weighted by molar-refractivity contribution is 7.10. The largest absolute Gasteiger partial charge is 0.496 e. The van der Waals surface area contributed by atoms with Crippen LogP contribution in [0, 0.1) is 0 Å². The average molecular weight is 333 g/mol. The maximum Gasteiger partial charge on any atom is 0.315 e. The van der Waals surface area contributed by atoms with Gasteiger partial charge in [0.2, 0.25) is 0 Å². The van der Waals surface area contributed by atoms with Gasteiger partial charge in [-0.3, -0.25) is 0 Å². The number of hydrogen-bond donors (Lipinski definition) is 2. The maximum atomic E-state index is 12.0. The summed E-state index contributed by atoms with van der Waals surface area (Å²) in [4.78, 5) is 15.4. The molecule has 2 N–H and O–H groups in total. The van der Waals surface area contributed by atoms with Crippen LogP contribution < -0.4 is 15.4 Å². The maximum absolute atomic E-state index is 12.0. The molecule has 2 amide bonds. The summed E-state index contributed by atoms with van der Waals surface area (Å²) in [5.41, 5.74) is 0.951. The van der Waals surface area contributed by atoms with Gasteiger partial charge in [-0.1, -0.05) is 24.3 Å². The van der Waals surface area contributed by atoms with Crippen LogP contribution >= 0.6 is 11.3 Å². The van der Waals surface area contributed by atoms with Gasteiger partial charge in [0.1, 0.15) is 5.75 Å². The smallest absolute Gasteiger partial charge is 0.315 e. The van der Waals surface area contributed by atoms with E-state index < -0.39 is 0 Å². The number of urea groups is 1. The molecule has 0 aliphatic heterocycles. The molecule has 23 heavy (non-hydrogen) atoms. The van der Waals surface area contributed by atoms with E-state index >= 15 is 0 Å². The van der Waals surface area contributed by atoms with Gasteiger partial charge >= 0.3 is 6.03 Å². The van der Waals surface area contributed by atoms with Crippen LogP contribution in [-0.2, 0) is 6.54 Å². The third-order valence-electron chi connectivity index (χ3n) is 3.58. The summed E-state index contributed by atoms with van der Waals surface area (Å²) in [6, 6.07) is 11.8. The van der Waals surface area contributed by atoms with Gasteiger partial charge in [-0.25, -0.2) is 4.79 Å². The Morgan fingerprint density at radius 3 is 2.65 bits per heavy atom. The van der Waals surface area contributed by atoms with Crippen LogP contribution in [0.1, 0.15) is 16.5 Å². The van der Waals surface area contributed by atoms with E-state index in [4.69, 9.17) is 4.74 Å². The SMILES string of the molecule is COc1ccccc1CNC(=O)NC[C@H](c1cccs1)N(C)C. The van der Waals surface area contributed by atoms with Crippen LogP contribution in [0.3, 0.4) is 0 Å². The monoisotopic (exact) mass is 333 g/mol. The molecule has 1 aromatic carbocycles. The van der Waals surface area contributed by atoms with Gasteiger partial charge in [-0.15, -0.1) is 11.3 Å². The molecule has 0 unspecified atom stereocenters. The van der Waals surface area contributed by atoms with E-state index in [-0.39, 0.29) is 12.1 Å². The fourth-order valence-corrected chi connectivity index (χ4v) is 3.22. The van der Waals surface area contributed by atoms with Gasteiger partial charge in [0.25, 0.3) is 0 Å². The lowest BCUT2D eigenvalue weighted by Gasteiger charge is -2.23. The van der Waals surface area contributed by atoms with E-state index in [2.05, 4.69) is 21.6 Å². The Bertz CT molecular complexity index is 614. The molecule has 6 heteroatoms. The molecule has 5 nitrogen and oxygen atoms in total. The van der Waals surface area contributed by atoms with Gasteiger partial charge < -0.3 is 20.3 Å². The lowest BCUT2D eigenvalue weighted by atomic mass is 10.2. The van der Waals surface area contributed by atoms with E-state index in [0.29, 0.717) is 13.1 Å². The minimum Gasteiger partial charge on any atom is -0.496 e. The van der Waals surface area contributed by atoms with E-state index in [1.165, 1.54) is 4.88 Å². The number of rotatable bonds is 7. The van der Waals surface area contributed by atoms with Crippen molar-refractivity contribution >= 4 is 17.4 Å². The number of ether oxygens (including phenoxy) is 1. The van der Waals surface area contributed by atoms with E-state index in [0.717, 1.165) is 11.3 Å². The van der Waals surface area contributed by atoms with Crippen molar-refractivity contribution in [3.05, 3.63) is 52.2 Å². The number of carbonyl (C=O) groups excluding carboxylic acids is 1. The molecular weight excluding hydrogens is 310 g/mol. The number of carbonyl (C=O) groups is 1. The molecule has 2 aromatic rings. The Balaban J connectivity index is 1.85. The number of hydrogen-bond acceptors (Lipinski definition) is 4. The normalized spacial score (nSPS) is 12.0. The van der Waals surface area contributed by atoms with Crippen LogP contribution in [0.4, 0.5) is 4.79 Å². The molecule has 0 radical (unpaired) electrons. The second kappa shape index (κ2) is 8.55. The summed E-state index contributed by atoms with van der Waals surface area (Å²) in [7, 11) is 5.65. The van der Waals surface area contributed by atoms with Crippen LogP contribution in [0.15, 0.2) is 41.8 Å². The van der Waals surface area contributed by atoms with Crippen molar-refractivity contribution in [3.8, 4) is 5.75 Å². The third kappa shape index (κ3) is 4.97. The first-order chi connectivity index (χ1) is 11.1. The molecule has 0 fully saturated rings. The zero-order valence-electron chi connectivity index (χ0n) is 13.7. The Morgan fingerprint density at radius 1 is 1.22 bits per heavy atom. The number of likely N-dealkylation sites (N-methyl/N-ethyl adjacent to an activating group) is 1. The van der Waals surface area contributed by atoms with Crippen LogP contribution in [0.25, 0.3) is 0 Å². The number of nitrogens with one attached hydrogen (secondary N) is 2. The van der Waals surface area contributed by atoms with Crippen molar-refractivity contribution in [2.24, 2.45) is 0 Å². The number of amides is 2. The highest BCUT2D eigenvalue weighted by Crippen LogP contribution is 2.22. The Hall–Kier alpha value is -2.05. The van der Waals surface area contributed by atoms with Crippen molar-refractivity contribution in [1.82, 2.24) is 15.5 Å². The van der Waals surface area contributed by atoms with Gasteiger partial charge in [0.15, 0.2) is 0 Å². The summed E-state index contributed by atoms with van der Waals surface area (Å²) in [6.07, 6.45) is 0. The highest BCUT2D eigenvalue weighted by atomic mass is 32.1. The zero-order valence-corrected chi connectivity index (χ0v) is 14.5. The minimum absolute atomic E-state index is 0.173. The molecule has 1 heterocycles. The van der Waals surface area contributed by atoms with Crippen LogP contribution in [0.5, 0.6) is 5.75 Å². The minimum atomic E-state index is -0.181. The summed E-state index contributed by atoms with van der Waals surface area (Å²) in [6.45, 7) is 0.993. The van der Waals surface area contributed by atoms with Gasteiger partial charge in [0, 0.05) is 23.5 Å². The average Bonchev–Trinajstić information content (AvgIpc) is 3.07. The van der Waals surface area contributed by atoms with Crippen LogP contribution in [0.2, 0.25) is 0 Å². The molecule has 0 saturated carbocycles. The number of benzene rings is 1. The predicted molar refractivity (Wildman–Crippen MR) is 94.0 cm³/mol. The van der Waals surface area contributed by atoms with E-state index in [9.17, 15) is 4.79 Å². The van der Waals surface area contributed by atoms with E-state index in [1.54, 1.807) is 18.4 Å². The van der Waals surface area contributed by atoms with Crippen molar-refractivity contribution in [2.75, 3.05) is 27.7 Å². The fraction of sp³-hybridized carbons (Fsp3) is 0.353. The molecule has 0 saturated heterocycles. The number of methoxy groups -OCH3 is 1. The Labute approximate surface area is 141 Å². The van der Waals surface area contributed by atoms with Crippen molar-refractivity contribution < 1.29 is 9.53 Å². The first-order valence-electron chi connectivity index (χ1n) is 7.45. The molecule has 0 aliphatic rings. The first-order valence-corrected chi connectivity index (χ1v) is 8.33. The summed E-state index contributed by atoms with van der Waals surface area (Å²) in [5, 5.41) is 7.85. The molecule has 2 rings (SSSR count). The summed E-state index contributed by atoms with van der Waals surface area (Å²) in [5.74, 6) is 0.776. The number of para-hydroxylation sites is 1. The topological polar surface area (TPSA) is 53.6 Å². The standard InChI is InChI=1S/C17H23N3O2S/c1-20(2)14(16-9-6-10-23-16)12-19-17(21)18-11-13-7-4-5-8-15(13)22-3/h4-10,14H,11-12H2,1-3H3,(H2,18,19,21)/t14-/m1/s1. The lowest BCUT2D eigenvalue weighted by Crippen LogP contribution is -2.40. The van der Waals surface area contributed by atoms with Crippen LogP contribution in [-0.4, -0.2) is 38.7 Å². The van der Waals surface area contributed by atoms with Crippen molar-refractivity contribution in [1.29, 1.82) is 0 Å². The Morgan fingerprint density at radius 2 is 2.00 bits per heavy atom. The Kier molecular flexibility index (Phi) is 6.43. The number of thiophene rings is 1. The summed E-state index contributed by atoms with van der Waals surface area (Å²) >= 11 is 1.70. The van der Waals surface area contributed by atoms with E-state index in [1.807, 2.05) is 49.8 Å². The predicted octanol–water partition coefficient (Wildman–Crippen LogP) is 2.86. The zero-order chi connectivity index (χ0) is 16.7. The highest BCUT2D eigenvalue weighted by Gasteiger charge is 2.16. The van der Waals surface area contributed by atoms with Gasteiger partial charge in [-0.05, 0) is 31.6 Å². The van der Waals surface area contributed by atoms with Crippen molar-refractivity contribution in [3.63, 3.8) is 0 Å². The summed E-state index contributed by atoms with van der Waals surface area (Å²) < 4.78 is 5.28. The van der Waals surface area contributed by atoms with Gasteiger partial charge in [0.05, 0.1) is 13.2 Å². The first kappa shape index (κ1) is 17.3. The molecule has 0 aliphatic carbocycles. The molecule has 1 aromatic heterocycles. The molecule has 0 spiro atoms. The second-order valence-electron chi connectivity index (χ2n) is 5.37. The molecule has 124 valence electrons. The fourth-order valence-electron chi connectivity index (χ4n) is 2.29. The molecular formula is C17H23N3O2S. The molecule has 0 bridgehead atoms. The quantitative estimate of drug-likeness (QED) is 0.819. The van der Waals surface area contributed by atoms with Crippen molar-refractivity contribution in [2.45, 2.75) is 12.6 Å². The molecule has 1 atom stereocenters. The third-order valence-corrected chi connectivity index (χ3v) is 4.56. The second-order valence-corrected chi connectivity index (χ2v) is 6.35. The lowest BCUT2D eigenvalue weighted by molar-refractivity contribution is 0.233. The number of nitrogens with zero attached hydrogens (tertiary/aromatic N) is 1.